The molecule has 0 aliphatic carbocycles. The third kappa shape index (κ3) is 4.12. The Balaban J connectivity index is 1.65. The number of nitrogens with zero attached hydrogens (tertiary/aromatic N) is 4. The van der Waals surface area contributed by atoms with Crippen LogP contribution in [0.5, 0.6) is 5.75 Å². The Labute approximate surface area is 215 Å². The molecular weight excluding hydrogens is 468 g/mol. The van der Waals surface area contributed by atoms with Crippen molar-refractivity contribution in [3.05, 3.63) is 81.7 Å². The molecule has 4 heterocycles. The van der Waals surface area contributed by atoms with Crippen molar-refractivity contribution in [3.8, 4) is 17.0 Å². The lowest BCUT2D eigenvalue weighted by Crippen LogP contribution is -2.29. The zero-order valence-electron chi connectivity index (χ0n) is 22.1. The van der Waals surface area contributed by atoms with Crippen LogP contribution in [-0.2, 0) is 18.8 Å². The topological polar surface area (TPSA) is 88.2 Å². The van der Waals surface area contributed by atoms with Crippen molar-refractivity contribution in [2.75, 3.05) is 7.11 Å². The lowest BCUT2D eigenvalue weighted by Gasteiger charge is -2.31. The molecule has 37 heavy (non-hydrogen) atoms. The summed E-state index contributed by atoms with van der Waals surface area (Å²) in [6, 6.07) is 9.55. The number of hydrogen-bond acceptors (Lipinski definition) is 6. The number of carbonyl (C=O) groups excluding carboxylic acids is 1. The summed E-state index contributed by atoms with van der Waals surface area (Å²) in [5, 5.41) is 0. The number of carbonyl (C=O) groups is 1. The molecule has 8 heteroatoms. The molecule has 4 aromatic rings. The highest BCUT2D eigenvalue weighted by Gasteiger charge is 2.29. The van der Waals surface area contributed by atoms with Gasteiger partial charge >= 0.3 is 11.7 Å². The quantitative estimate of drug-likeness (QED) is 0.374. The summed E-state index contributed by atoms with van der Waals surface area (Å²) < 4.78 is 14.5. The summed E-state index contributed by atoms with van der Waals surface area (Å²) in [6.07, 6.45) is 5.52. The van der Waals surface area contributed by atoms with E-state index in [0.29, 0.717) is 11.4 Å². The highest BCUT2D eigenvalue weighted by molar-refractivity contribution is 5.91. The number of fused-ring (bicyclic) bond motifs is 2. The molecular formula is C29H30N4O4. The fourth-order valence-electron chi connectivity index (χ4n) is 4.91. The Bertz CT molecular complexity index is 1640. The molecule has 1 aliphatic rings. The fraction of sp³-hybridized carbons (Fsp3) is 0.310. The molecule has 0 N–H and O–H groups in total. The molecule has 190 valence electrons. The Morgan fingerprint density at radius 2 is 1.78 bits per heavy atom. The molecule has 5 rings (SSSR count). The van der Waals surface area contributed by atoms with E-state index in [0.717, 1.165) is 38.9 Å². The van der Waals surface area contributed by atoms with Gasteiger partial charge in [-0.25, -0.2) is 14.6 Å². The molecule has 0 fully saturated rings. The molecule has 1 aromatic carbocycles. The summed E-state index contributed by atoms with van der Waals surface area (Å²) in [4.78, 5) is 33.4. The van der Waals surface area contributed by atoms with Crippen LogP contribution in [0.15, 0.2) is 53.6 Å². The second-order valence-electron chi connectivity index (χ2n) is 10.2. The van der Waals surface area contributed by atoms with Gasteiger partial charge < -0.3 is 9.47 Å². The summed E-state index contributed by atoms with van der Waals surface area (Å²) in [6.45, 7) is 8.31. The Kier molecular flexibility index (Phi) is 5.78. The predicted octanol–water partition coefficient (Wildman–Crippen LogP) is 4.85. The lowest BCUT2D eigenvalue weighted by atomic mass is 9.88. The van der Waals surface area contributed by atoms with Gasteiger partial charge in [0.2, 0.25) is 0 Å². The minimum Gasteiger partial charge on any atom is -0.483 e. The van der Waals surface area contributed by atoms with Gasteiger partial charge in [-0.1, -0.05) is 13.8 Å². The summed E-state index contributed by atoms with van der Waals surface area (Å²) >= 11 is 0. The van der Waals surface area contributed by atoms with E-state index in [4.69, 9.17) is 14.5 Å². The predicted molar refractivity (Wildman–Crippen MR) is 143 cm³/mol. The number of aryl methyl sites for hydroxylation is 2. The normalized spacial score (nSPS) is 14.3. The summed E-state index contributed by atoms with van der Waals surface area (Å²) in [5.41, 5.74) is 6.91. The first-order chi connectivity index (χ1) is 17.5. The molecule has 0 spiro atoms. The first kappa shape index (κ1) is 24.5. The molecule has 0 radical (unpaired) electrons. The smallest absolute Gasteiger partial charge is 0.356 e. The van der Waals surface area contributed by atoms with E-state index in [9.17, 15) is 9.59 Å². The number of pyridine rings is 2. The number of methoxy groups -OCH3 is 1. The maximum absolute atomic E-state index is 12.8. The molecule has 0 saturated carbocycles. The van der Waals surface area contributed by atoms with E-state index in [1.54, 1.807) is 27.5 Å². The maximum Gasteiger partial charge on any atom is 0.356 e. The lowest BCUT2D eigenvalue weighted by molar-refractivity contribution is 0.0594. The minimum atomic E-state index is -0.566. The van der Waals surface area contributed by atoms with E-state index in [2.05, 4.69) is 37.0 Å². The van der Waals surface area contributed by atoms with E-state index >= 15 is 0 Å². The summed E-state index contributed by atoms with van der Waals surface area (Å²) in [5.74, 6) is 0.445. The molecule has 0 saturated heterocycles. The van der Waals surface area contributed by atoms with Crippen LogP contribution in [0.4, 0.5) is 0 Å². The third-order valence-corrected chi connectivity index (χ3v) is 6.80. The highest BCUT2D eigenvalue weighted by atomic mass is 16.5. The molecule has 1 aliphatic heterocycles. The van der Waals surface area contributed by atoms with Crippen molar-refractivity contribution in [2.45, 2.75) is 39.2 Å². The molecule has 0 amide bonds. The number of aromatic nitrogens is 4. The van der Waals surface area contributed by atoms with E-state index in [1.165, 1.54) is 7.11 Å². The van der Waals surface area contributed by atoms with Crippen molar-refractivity contribution >= 4 is 22.6 Å². The van der Waals surface area contributed by atoms with E-state index in [1.807, 2.05) is 40.2 Å². The van der Waals surface area contributed by atoms with Gasteiger partial charge in [0.15, 0.2) is 0 Å². The van der Waals surface area contributed by atoms with Gasteiger partial charge in [-0.15, -0.1) is 0 Å². The van der Waals surface area contributed by atoms with Crippen molar-refractivity contribution in [1.29, 1.82) is 0 Å². The van der Waals surface area contributed by atoms with Gasteiger partial charge in [-0.2, -0.15) is 0 Å². The van der Waals surface area contributed by atoms with Crippen LogP contribution >= 0.6 is 0 Å². The van der Waals surface area contributed by atoms with Crippen LogP contribution in [0.1, 0.15) is 60.8 Å². The van der Waals surface area contributed by atoms with Gasteiger partial charge in [-0.05, 0) is 66.8 Å². The average Bonchev–Trinajstić information content (AvgIpc) is 3.10. The third-order valence-electron chi connectivity index (χ3n) is 6.80. The van der Waals surface area contributed by atoms with Crippen LogP contribution in [0.25, 0.3) is 27.9 Å². The molecule has 8 nitrogen and oxygen atoms in total. The summed E-state index contributed by atoms with van der Waals surface area (Å²) in [7, 11) is 4.95. The number of benzene rings is 1. The van der Waals surface area contributed by atoms with Crippen LogP contribution < -0.4 is 10.4 Å². The number of rotatable bonds is 4. The second kappa shape index (κ2) is 8.73. The Hall–Kier alpha value is -4.20. The molecule has 0 unspecified atom stereocenters. The van der Waals surface area contributed by atoms with Crippen LogP contribution in [-0.4, -0.2) is 37.8 Å². The van der Waals surface area contributed by atoms with Crippen LogP contribution in [0, 0.1) is 0 Å². The zero-order chi connectivity index (χ0) is 26.6. The van der Waals surface area contributed by atoms with Crippen molar-refractivity contribution in [3.63, 3.8) is 0 Å². The number of imidazole rings is 1. The van der Waals surface area contributed by atoms with Gasteiger partial charge in [0.1, 0.15) is 17.0 Å². The van der Waals surface area contributed by atoms with Gasteiger partial charge in [0.25, 0.3) is 0 Å². The van der Waals surface area contributed by atoms with Crippen molar-refractivity contribution in [1.82, 2.24) is 19.1 Å². The Morgan fingerprint density at radius 1 is 1.03 bits per heavy atom. The Morgan fingerprint density at radius 3 is 2.43 bits per heavy atom. The highest BCUT2D eigenvalue weighted by Crippen LogP contribution is 2.42. The molecule has 0 bridgehead atoms. The van der Waals surface area contributed by atoms with Gasteiger partial charge in [-0.3, -0.25) is 14.1 Å². The second-order valence-corrected chi connectivity index (χ2v) is 10.2. The largest absolute Gasteiger partial charge is 0.483 e. The van der Waals surface area contributed by atoms with Gasteiger partial charge in [0.05, 0.1) is 23.8 Å². The first-order valence-electron chi connectivity index (χ1n) is 12.2. The van der Waals surface area contributed by atoms with Gasteiger partial charge in [0, 0.05) is 43.7 Å². The zero-order valence-corrected chi connectivity index (χ0v) is 22.1. The van der Waals surface area contributed by atoms with E-state index < -0.39 is 11.6 Å². The average molecular weight is 499 g/mol. The molecule has 3 aromatic heterocycles. The van der Waals surface area contributed by atoms with Crippen molar-refractivity contribution in [2.24, 2.45) is 14.1 Å². The fourth-order valence-corrected chi connectivity index (χ4v) is 4.91. The van der Waals surface area contributed by atoms with Crippen molar-refractivity contribution < 1.29 is 14.3 Å². The number of ether oxygens (including phenoxy) is 2. The maximum atomic E-state index is 12.8. The standard InChI is InChI=1S/C29H30N4O4/c1-16(2)19-10-18(11-24-26(19)33(6)28(35)32(24)5)20-13-29(3,4)37-25-12-23(31-15-21(20)25)17-8-9-22(30-14-17)27(34)36-7/h8-16H,1-7H3. The monoisotopic (exact) mass is 498 g/mol. The van der Waals surface area contributed by atoms with Crippen LogP contribution in [0.2, 0.25) is 0 Å². The minimum absolute atomic E-state index is 0.0473. The SMILES string of the molecule is COC(=O)c1ccc(-c2cc3c(cn2)C(c2cc(C(C)C)c4c(c2)n(C)c(=O)n4C)=CC(C)(C)O3)cn1. The number of esters is 1. The molecule has 0 atom stereocenters. The van der Waals surface area contributed by atoms with E-state index in [-0.39, 0.29) is 17.3 Å². The number of hydrogen-bond donors (Lipinski definition) is 0. The first-order valence-corrected chi connectivity index (χ1v) is 12.2. The van der Waals surface area contributed by atoms with Crippen LogP contribution in [0.3, 0.4) is 0 Å².